The topological polar surface area (TPSA) is 32.3 Å². The zero-order valence-electron chi connectivity index (χ0n) is 13.2. The molecule has 2 aliphatic rings. The van der Waals surface area contributed by atoms with E-state index in [1.54, 1.807) is 11.3 Å². The molecule has 21 heavy (non-hydrogen) atoms. The third-order valence-corrected chi connectivity index (χ3v) is 6.28. The number of aryl methyl sites for hydroxylation is 1. The molecule has 1 N–H and O–H groups in total. The van der Waals surface area contributed by atoms with Gasteiger partial charge in [0.1, 0.15) is 0 Å². The normalized spacial score (nSPS) is 23.8. The van der Waals surface area contributed by atoms with Gasteiger partial charge >= 0.3 is 0 Å². The number of piperidine rings is 1. The van der Waals surface area contributed by atoms with Crippen molar-refractivity contribution in [2.45, 2.75) is 51.5 Å². The lowest BCUT2D eigenvalue weighted by atomic mass is 9.87. The third-order valence-electron chi connectivity index (χ3n) is 5.04. The van der Waals surface area contributed by atoms with E-state index in [0.29, 0.717) is 6.04 Å². The summed E-state index contributed by atoms with van der Waals surface area (Å²) in [6.45, 7) is 4.45. The van der Waals surface area contributed by atoms with Crippen LogP contribution in [0.2, 0.25) is 0 Å². The zero-order valence-corrected chi connectivity index (χ0v) is 14.0. The summed E-state index contributed by atoms with van der Waals surface area (Å²) in [5.41, 5.74) is 1.44. The summed E-state index contributed by atoms with van der Waals surface area (Å²) >= 11 is 1.72. The minimum Gasteiger partial charge on any atom is -0.349 e. The molecule has 2 heterocycles. The van der Waals surface area contributed by atoms with E-state index >= 15 is 0 Å². The van der Waals surface area contributed by atoms with Gasteiger partial charge in [-0.2, -0.15) is 0 Å². The number of amides is 1. The molecule has 1 aromatic heterocycles. The van der Waals surface area contributed by atoms with Crippen molar-refractivity contribution < 1.29 is 4.79 Å². The molecule has 116 valence electrons. The van der Waals surface area contributed by atoms with Crippen LogP contribution in [-0.2, 0) is 12.8 Å². The van der Waals surface area contributed by atoms with Crippen molar-refractivity contribution in [2.24, 2.45) is 5.92 Å². The smallest absolute Gasteiger partial charge is 0.261 e. The molecule has 0 aromatic carbocycles. The summed E-state index contributed by atoms with van der Waals surface area (Å²) in [6, 6.07) is 2.52. The van der Waals surface area contributed by atoms with Gasteiger partial charge in [0.05, 0.1) is 4.88 Å². The van der Waals surface area contributed by atoms with Crippen LogP contribution >= 0.6 is 11.3 Å². The molecule has 1 aromatic rings. The van der Waals surface area contributed by atoms with Crippen molar-refractivity contribution in [3.63, 3.8) is 0 Å². The maximum atomic E-state index is 12.4. The summed E-state index contributed by atoms with van der Waals surface area (Å²) < 4.78 is 0. The minimum atomic E-state index is 0.150. The molecular weight excluding hydrogens is 280 g/mol. The van der Waals surface area contributed by atoms with Gasteiger partial charge in [0.25, 0.3) is 5.91 Å². The Bertz CT molecular complexity index is 503. The lowest BCUT2D eigenvalue weighted by Crippen LogP contribution is -2.43. The Hall–Kier alpha value is -0.870. The average Bonchev–Trinajstić information content (AvgIpc) is 2.92. The van der Waals surface area contributed by atoms with Crippen LogP contribution in [0.4, 0.5) is 0 Å². The average molecular weight is 306 g/mol. The molecule has 1 aliphatic heterocycles. The van der Waals surface area contributed by atoms with Gasteiger partial charge in [-0.25, -0.2) is 0 Å². The molecule has 1 atom stereocenters. The van der Waals surface area contributed by atoms with Gasteiger partial charge < -0.3 is 10.2 Å². The Kier molecular flexibility index (Phi) is 4.65. The van der Waals surface area contributed by atoms with Gasteiger partial charge in [-0.3, -0.25) is 4.79 Å². The van der Waals surface area contributed by atoms with Crippen molar-refractivity contribution >= 4 is 17.2 Å². The van der Waals surface area contributed by atoms with Crippen LogP contribution in [0.5, 0.6) is 0 Å². The molecule has 3 nitrogen and oxygen atoms in total. The number of hydrogen-bond acceptors (Lipinski definition) is 3. The molecule has 0 saturated carbocycles. The van der Waals surface area contributed by atoms with E-state index in [2.05, 4.69) is 30.3 Å². The van der Waals surface area contributed by atoms with E-state index in [-0.39, 0.29) is 5.91 Å². The monoisotopic (exact) mass is 306 g/mol. The van der Waals surface area contributed by atoms with Crippen LogP contribution in [0.3, 0.4) is 0 Å². The largest absolute Gasteiger partial charge is 0.349 e. The maximum absolute atomic E-state index is 12.4. The number of carbonyl (C=O) groups is 1. The molecule has 1 fully saturated rings. The fourth-order valence-corrected chi connectivity index (χ4v) is 4.58. The fourth-order valence-electron chi connectivity index (χ4n) is 3.47. The number of hydrogen-bond donors (Lipinski definition) is 1. The molecule has 1 saturated heterocycles. The highest BCUT2D eigenvalue weighted by atomic mass is 32.1. The first-order chi connectivity index (χ1) is 10.2. The number of rotatable bonds is 3. The molecule has 3 rings (SSSR count). The molecule has 0 bridgehead atoms. The van der Waals surface area contributed by atoms with E-state index in [9.17, 15) is 4.79 Å². The Morgan fingerprint density at radius 1 is 1.38 bits per heavy atom. The second kappa shape index (κ2) is 6.49. The van der Waals surface area contributed by atoms with E-state index in [1.807, 2.05) is 0 Å². The first kappa shape index (κ1) is 15.0. The van der Waals surface area contributed by atoms with Crippen LogP contribution in [0.1, 0.15) is 52.7 Å². The summed E-state index contributed by atoms with van der Waals surface area (Å²) in [4.78, 5) is 17.2. The molecule has 1 aliphatic carbocycles. The van der Waals surface area contributed by atoms with Crippen molar-refractivity contribution in [1.29, 1.82) is 0 Å². The van der Waals surface area contributed by atoms with Crippen LogP contribution in [0, 0.1) is 5.92 Å². The first-order valence-corrected chi connectivity index (χ1v) is 9.08. The van der Waals surface area contributed by atoms with Crippen molar-refractivity contribution in [2.75, 3.05) is 20.1 Å². The van der Waals surface area contributed by atoms with E-state index in [4.69, 9.17) is 0 Å². The summed E-state index contributed by atoms with van der Waals surface area (Å²) in [5.74, 6) is 0.967. The van der Waals surface area contributed by atoms with Gasteiger partial charge in [0, 0.05) is 10.9 Å². The van der Waals surface area contributed by atoms with Gasteiger partial charge in [-0.05, 0) is 69.8 Å². The Labute approximate surface area is 131 Å². The summed E-state index contributed by atoms with van der Waals surface area (Å²) in [5, 5.41) is 3.23. The first-order valence-electron chi connectivity index (χ1n) is 8.26. The second-order valence-electron chi connectivity index (χ2n) is 6.63. The molecule has 0 unspecified atom stereocenters. The highest BCUT2D eigenvalue weighted by Crippen LogP contribution is 2.33. The number of nitrogens with zero attached hydrogens (tertiary/aromatic N) is 1. The Morgan fingerprint density at radius 2 is 2.14 bits per heavy atom. The number of thiophene rings is 1. The van der Waals surface area contributed by atoms with E-state index < -0.39 is 0 Å². The van der Waals surface area contributed by atoms with Crippen LogP contribution in [0.15, 0.2) is 6.07 Å². The molecule has 0 radical (unpaired) electrons. The van der Waals surface area contributed by atoms with Crippen LogP contribution in [-0.4, -0.2) is 37.0 Å². The van der Waals surface area contributed by atoms with Crippen molar-refractivity contribution in [3.05, 3.63) is 21.4 Å². The third kappa shape index (κ3) is 3.49. The van der Waals surface area contributed by atoms with Crippen LogP contribution in [0.25, 0.3) is 0 Å². The number of nitrogens with one attached hydrogen (secondary N) is 1. The van der Waals surface area contributed by atoms with Gasteiger partial charge in [-0.1, -0.05) is 13.3 Å². The quantitative estimate of drug-likeness (QED) is 0.931. The highest BCUT2D eigenvalue weighted by molar-refractivity contribution is 7.14. The number of likely N-dealkylation sites (tertiary alicyclic amines) is 1. The van der Waals surface area contributed by atoms with Crippen molar-refractivity contribution in [1.82, 2.24) is 10.2 Å². The van der Waals surface area contributed by atoms with E-state index in [0.717, 1.165) is 36.7 Å². The zero-order chi connectivity index (χ0) is 14.8. The van der Waals surface area contributed by atoms with Crippen LogP contribution < -0.4 is 5.32 Å². The van der Waals surface area contributed by atoms with Crippen molar-refractivity contribution in [3.8, 4) is 0 Å². The SMILES string of the molecule is CC[C@H]1CCc2sc(C(=O)NC3CCN(C)CC3)cc2C1. The van der Waals surface area contributed by atoms with E-state index in [1.165, 1.54) is 36.1 Å². The predicted molar refractivity (Wildman–Crippen MR) is 88.1 cm³/mol. The predicted octanol–water partition coefficient (Wildman–Crippen LogP) is 3.09. The Balaban J connectivity index is 1.62. The number of fused-ring (bicyclic) bond motifs is 1. The fraction of sp³-hybridized carbons (Fsp3) is 0.706. The molecular formula is C17H26N2OS. The molecule has 4 heteroatoms. The standard InChI is InChI=1S/C17H26N2OS/c1-3-12-4-5-15-13(10-12)11-16(21-15)17(20)18-14-6-8-19(2)9-7-14/h11-12,14H,3-10H2,1-2H3,(H,18,20)/t12-/m0/s1. The number of carbonyl (C=O) groups excluding carboxylic acids is 1. The molecule has 1 amide bonds. The minimum absolute atomic E-state index is 0.150. The van der Waals surface area contributed by atoms with Gasteiger partial charge in [0.15, 0.2) is 0 Å². The van der Waals surface area contributed by atoms with Gasteiger partial charge in [0.2, 0.25) is 0 Å². The Morgan fingerprint density at radius 3 is 2.86 bits per heavy atom. The summed E-state index contributed by atoms with van der Waals surface area (Å²) in [7, 11) is 2.15. The lowest BCUT2D eigenvalue weighted by molar-refractivity contribution is 0.0921. The summed E-state index contributed by atoms with van der Waals surface area (Å²) in [6.07, 6.45) is 7.03. The lowest BCUT2D eigenvalue weighted by Gasteiger charge is -2.29. The maximum Gasteiger partial charge on any atom is 0.261 e. The molecule has 0 spiro atoms. The van der Waals surface area contributed by atoms with Gasteiger partial charge in [-0.15, -0.1) is 11.3 Å². The second-order valence-corrected chi connectivity index (χ2v) is 7.76. The highest BCUT2D eigenvalue weighted by Gasteiger charge is 2.24.